The molecule has 1 atom stereocenters. The van der Waals surface area contributed by atoms with E-state index < -0.39 is 17.5 Å². The van der Waals surface area contributed by atoms with Crippen LogP contribution in [0.4, 0.5) is 5.69 Å². The normalized spacial score (nSPS) is 12.3. The number of amides is 2. The molecule has 5 nitrogen and oxygen atoms in total. The smallest absolute Gasteiger partial charge is 0.294 e. The highest BCUT2D eigenvalue weighted by atomic mass is 35.5. The Hall–Kier alpha value is -3.05. The first kappa shape index (κ1) is 20.7. The van der Waals surface area contributed by atoms with E-state index in [1.807, 2.05) is 39.0 Å². The summed E-state index contributed by atoms with van der Waals surface area (Å²) in [7, 11) is 0. The molecule has 2 amide bonds. The molecule has 0 spiro atoms. The number of nitrogens with zero attached hydrogens (tertiary/aromatic N) is 1. The molecule has 0 bridgehead atoms. The maximum atomic E-state index is 13.4. The van der Waals surface area contributed by atoms with Gasteiger partial charge in [0.1, 0.15) is 6.04 Å². The van der Waals surface area contributed by atoms with Gasteiger partial charge in [-0.05, 0) is 62.7 Å². The largest absolute Gasteiger partial charge is 0.459 e. The summed E-state index contributed by atoms with van der Waals surface area (Å²) < 4.78 is 5.34. The van der Waals surface area contributed by atoms with Gasteiger partial charge < -0.3 is 9.73 Å². The SMILES string of the molecule is CC(C)(C)NC(=O)[C@@H](c1ccc(Cl)cc1)N(C(=O)c1ccco1)c1ccccc1. The highest BCUT2D eigenvalue weighted by molar-refractivity contribution is 6.30. The van der Waals surface area contributed by atoms with Gasteiger partial charge in [0, 0.05) is 16.2 Å². The fourth-order valence-corrected chi connectivity index (χ4v) is 3.12. The van der Waals surface area contributed by atoms with E-state index in [0.717, 1.165) is 0 Å². The van der Waals surface area contributed by atoms with Gasteiger partial charge in [0.2, 0.25) is 5.91 Å². The lowest BCUT2D eigenvalue weighted by atomic mass is 10.0. The first-order valence-electron chi connectivity index (χ1n) is 9.26. The number of para-hydroxylation sites is 1. The number of hydrogen-bond acceptors (Lipinski definition) is 3. The predicted octanol–water partition coefficient (Wildman–Crippen LogP) is 5.24. The molecule has 1 heterocycles. The Kier molecular flexibility index (Phi) is 6.09. The molecule has 0 radical (unpaired) electrons. The number of halogens is 1. The molecule has 0 fully saturated rings. The quantitative estimate of drug-likeness (QED) is 0.625. The zero-order chi connectivity index (χ0) is 21.0. The third kappa shape index (κ3) is 5.06. The van der Waals surface area contributed by atoms with Crippen LogP contribution >= 0.6 is 11.6 Å². The molecule has 150 valence electrons. The number of benzene rings is 2. The van der Waals surface area contributed by atoms with Crippen molar-refractivity contribution in [3.05, 3.63) is 89.3 Å². The van der Waals surface area contributed by atoms with Crippen molar-refractivity contribution in [1.82, 2.24) is 5.32 Å². The first-order chi connectivity index (χ1) is 13.8. The van der Waals surface area contributed by atoms with E-state index in [0.29, 0.717) is 16.3 Å². The molecule has 3 rings (SSSR count). The van der Waals surface area contributed by atoms with Crippen LogP contribution in [0.2, 0.25) is 5.02 Å². The van der Waals surface area contributed by atoms with Crippen molar-refractivity contribution in [2.24, 2.45) is 0 Å². The standard InChI is InChI=1S/C23H23ClN2O3/c1-23(2,3)25-21(27)20(16-11-13-17(24)14-12-16)26(18-8-5-4-6-9-18)22(28)19-10-7-15-29-19/h4-15,20H,1-3H3,(H,25,27)/t20-/m1/s1. The maximum absolute atomic E-state index is 13.4. The van der Waals surface area contributed by atoms with Crippen molar-refractivity contribution in [3.63, 3.8) is 0 Å². The molecule has 0 aliphatic carbocycles. The Morgan fingerprint density at radius 2 is 1.62 bits per heavy atom. The number of carbonyl (C=O) groups excluding carboxylic acids is 2. The van der Waals surface area contributed by atoms with Crippen molar-refractivity contribution < 1.29 is 14.0 Å². The zero-order valence-electron chi connectivity index (χ0n) is 16.6. The van der Waals surface area contributed by atoms with Crippen LogP contribution in [0.15, 0.2) is 77.4 Å². The summed E-state index contributed by atoms with van der Waals surface area (Å²) in [6, 6.07) is 18.3. The van der Waals surface area contributed by atoms with Gasteiger partial charge in [0.05, 0.1) is 6.26 Å². The first-order valence-corrected chi connectivity index (χ1v) is 9.64. The van der Waals surface area contributed by atoms with E-state index in [9.17, 15) is 9.59 Å². The van der Waals surface area contributed by atoms with Crippen LogP contribution in [-0.2, 0) is 4.79 Å². The Morgan fingerprint density at radius 3 is 2.17 bits per heavy atom. The lowest BCUT2D eigenvalue weighted by molar-refractivity contribution is -0.123. The van der Waals surface area contributed by atoms with Crippen LogP contribution in [0, 0.1) is 0 Å². The molecule has 0 aliphatic rings. The fraction of sp³-hybridized carbons (Fsp3) is 0.217. The highest BCUT2D eigenvalue weighted by Crippen LogP contribution is 2.31. The summed E-state index contributed by atoms with van der Waals surface area (Å²) in [5, 5.41) is 3.53. The lowest BCUT2D eigenvalue weighted by Crippen LogP contribution is -2.49. The van der Waals surface area contributed by atoms with Crippen molar-refractivity contribution in [1.29, 1.82) is 0 Å². The number of rotatable bonds is 5. The van der Waals surface area contributed by atoms with Crippen LogP contribution in [-0.4, -0.2) is 17.4 Å². The van der Waals surface area contributed by atoms with Gasteiger partial charge in [-0.2, -0.15) is 0 Å². The summed E-state index contributed by atoms with van der Waals surface area (Å²) in [5.41, 5.74) is 0.746. The average molecular weight is 411 g/mol. The van der Waals surface area contributed by atoms with Crippen molar-refractivity contribution in [2.45, 2.75) is 32.4 Å². The van der Waals surface area contributed by atoms with Gasteiger partial charge in [-0.15, -0.1) is 0 Å². The molecule has 0 aliphatic heterocycles. The van der Waals surface area contributed by atoms with Crippen molar-refractivity contribution >= 4 is 29.1 Å². The monoisotopic (exact) mass is 410 g/mol. The van der Waals surface area contributed by atoms with E-state index >= 15 is 0 Å². The van der Waals surface area contributed by atoms with Crippen LogP contribution in [0.5, 0.6) is 0 Å². The highest BCUT2D eigenvalue weighted by Gasteiger charge is 2.35. The van der Waals surface area contributed by atoms with Gasteiger partial charge in [0.15, 0.2) is 5.76 Å². The number of hydrogen-bond donors (Lipinski definition) is 1. The topological polar surface area (TPSA) is 62.6 Å². The molecule has 0 saturated carbocycles. The molecule has 1 N–H and O–H groups in total. The summed E-state index contributed by atoms with van der Waals surface area (Å²) in [6.07, 6.45) is 1.43. The Labute approximate surface area is 175 Å². The Balaban J connectivity index is 2.15. The van der Waals surface area contributed by atoms with Crippen molar-refractivity contribution in [3.8, 4) is 0 Å². The minimum absolute atomic E-state index is 0.149. The number of carbonyl (C=O) groups is 2. The summed E-state index contributed by atoms with van der Waals surface area (Å²) >= 11 is 6.05. The third-order valence-corrected chi connectivity index (χ3v) is 4.43. The molecule has 3 aromatic rings. The van der Waals surface area contributed by atoms with Gasteiger partial charge in [-0.1, -0.05) is 41.9 Å². The molecular formula is C23H23ClN2O3. The maximum Gasteiger partial charge on any atom is 0.294 e. The van der Waals surface area contributed by atoms with Gasteiger partial charge in [-0.25, -0.2) is 0 Å². The second-order valence-corrected chi connectivity index (χ2v) is 8.12. The van der Waals surface area contributed by atoms with Gasteiger partial charge >= 0.3 is 0 Å². The van der Waals surface area contributed by atoms with Crippen LogP contribution in [0.3, 0.4) is 0 Å². The molecular weight excluding hydrogens is 388 g/mol. The van der Waals surface area contributed by atoms with E-state index in [2.05, 4.69) is 5.32 Å². The van der Waals surface area contributed by atoms with Crippen LogP contribution < -0.4 is 10.2 Å². The van der Waals surface area contributed by atoms with E-state index in [1.165, 1.54) is 11.2 Å². The lowest BCUT2D eigenvalue weighted by Gasteiger charge is -2.33. The van der Waals surface area contributed by atoms with Crippen molar-refractivity contribution in [2.75, 3.05) is 4.90 Å². The molecule has 1 aromatic heterocycles. The second kappa shape index (κ2) is 8.53. The van der Waals surface area contributed by atoms with E-state index in [-0.39, 0.29) is 11.7 Å². The molecule has 29 heavy (non-hydrogen) atoms. The Morgan fingerprint density at radius 1 is 0.966 bits per heavy atom. The minimum atomic E-state index is -0.911. The van der Waals surface area contributed by atoms with Gasteiger partial charge in [-0.3, -0.25) is 14.5 Å². The summed E-state index contributed by atoms with van der Waals surface area (Å²) in [6.45, 7) is 5.68. The zero-order valence-corrected chi connectivity index (χ0v) is 17.3. The Bertz CT molecular complexity index is 962. The number of nitrogens with one attached hydrogen (secondary N) is 1. The molecule has 2 aromatic carbocycles. The number of furan rings is 1. The van der Waals surface area contributed by atoms with E-state index in [1.54, 1.807) is 48.5 Å². The van der Waals surface area contributed by atoms with Crippen LogP contribution in [0.25, 0.3) is 0 Å². The van der Waals surface area contributed by atoms with E-state index in [4.69, 9.17) is 16.0 Å². The molecule has 0 saturated heterocycles. The molecule has 0 unspecified atom stereocenters. The summed E-state index contributed by atoms with van der Waals surface area (Å²) in [5.74, 6) is -0.565. The van der Waals surface area contributed by atoms with Crippen LogP contribution in [0.1, 0.15) is 42.9 Å². The summed E-state index contributed by atoms with van der Waals surface area (Å²) in [4.78, 5) is 28.2. The minimum Gasteiger partial charge on any atom is -0.459 e. The number of anilines is 1. The predicted molar refractivity (Wildman–Crippen MR) is 114 cm³/mol. The van der Waals surface area contributed by atoms with Gasteiger partial charge in [0.25, 0.3) is 5.91 Å². The second-order valence-electron chi connectivity index (χ2n) is 7.68. The fourth-order valence-electron chi connectivity index (χ4n) is 2.99. The average Bonchev–Trinajstić information content (AvgIpc) is 3.20. The molecule has 6 heteroatoms. The third-order valence-electron chi connectivity index (χ3n) is 4.18.